The Balaban J connectivity index is -0.0000000370. The summed E-state index contributed by atoms with van der Waals surface area (Å²) in [4.78, 5) is 36.4. The van der Waals surface area contributed by atoms with Gasteiger partial charge in [-0.25, -0.2) is 19.2 Å². The zero-order valence-corrected chi connectivity index (χ0v) is 5.42. The minimum absolute atomic E-state index is 0. The van der Waals surface area contributed by atoms with Gasteiger partial charge in [0.15, 0.2) is 0 Å². The van der Waals surface area contributed by atoms with Gasteiger partial charge in [0, 0.05) is 0 Å². The quantitative estimate of drug-likeness (QED) is 0.257. The fourth-order valence-electron chi connectivity index (χ4n) is 0. The van der Waals surface area contributed by atoms with Gasteiger partial charge >= 0.3 is 137 Å². The van der Waals surface area contributed by atoms with Crippen molar-refractivity contribution in [3.63, 3.8) is 0 Å². The molecule has 0 rings (SSSR count). The molecule has 0 amide bonds. The third-order valence-electron chi connectivity index (χ3n) is 0.366. The number of hydrogen-bond donors (Lipinski definition) is 4. The Bertz CT molecular complexity index is 183. The van der Waals surface area contributed by atoms with Crippen molar-refractivity contribution >= 4 is 137 Å². The second-order valence-corrected chi connectivity index (χ2v) is 1.22. The normalized spacial score (nSPS) is 5.87. The molecule has 15 heavy (non-hydrogen) atoms. The van der Waals surface area contributed by atoms with E-state index in [1.807, 2.05) is 0 Å². The molecule has 4 N–H and O–H groups in total. The maximum absolute atomic E-state index is 9.10. The molecule has 0 aliphatic heterocycles. The van der Waals surface area contributed by atoms with Gasteiger partial charge in [-0.05, 0) is 0 Å². The third-order valence-corrected chi connectivity index (χ3v) is 0.366. The molecule has 11 heteroatoms. The van der Waals surface area contributed by atoms with Gasteiger partial charge in [0.1, 0.15) is 0 Å². The number of rotatable bonds is 0. The van der Waals surface area contributed by atoms with Crippen LogP contribution in [0.25, 0.3) is 0 Å². The van der Waals surface area contributed by atoms with E-state index in [2.05, 4.69) is 0 Å². The molecule has 0 aliphatic carbocycles. The SMILES string of the molecule is O=C(O)C(=O)O.O=C(O)C(=O)O.[CaH2].[NaH].[SrH2]. The Morgan fingerprint density at radius 2 is 0.667 bits per heavy atom. The molecule has 0 radical (unpaired) electrons. The predicted molar refractivity (Wildman–Crippen MR) is 54.8 cm³/mol. The van der Waals surface area contributed by atoms with Crippen LogP contribution in [-0.4, -0.2) is 157 Å². The van der Waals surface area contributed by atoms with Crippen molar-refractivity contribution in [1.29, 1.82) is 0 Å². The molecule has 0 bridgehead atoms. The van der Waals surface area contributed by atoms with Gasteiger partial charge in [-0.1, -0.05) is 0 Å². The summed E-state index contributed by atoms with van der Waals surface area (Å²) in [6, 6.07) is 0. The van der Waals surface area contributed by atoms with Crippen molar-refractivity contribution in [2.24, 2.45) is 0 Å². The zero-order chi connectivity index (χ0) is 10.3. The fourth-order valence-corrected chi connectivity index (χ4v) is 0. The maximum atomic E-state index is 9.10. The van der Waals surface area contributed by atoms with Gasteiger partial charge in [0.25, 0.3) is 0 Å². The van der Waals surface area contributed by atoms with Crippen LogP contribution in [0.15, 0.2) is 0 Å². The monoisotopic (exact) mass is 336 g/mol. The van der Waals surface area contributed by atoms with Gasteiger partial charge in [-0.2, -0.15) is 0 Å². The van der Waals surface area contributed by atoms with Crippen LogP contribution in [0, 0.1) is 0 Å². The van der Waals surface area contributed by atoms with Crippen molar-refractivity contribution in [1.82, 2.24) is 0 Å². The molecule has 0 atom stereocenters. The zero-order valence-electron chi connectivity index (χ0n) is 5.42. The topological polar surface area (TPSA) is 149 Å². The molecule has 0 aromatic heterocycles. The van der Waals surface area contributed by atoms with Crippen LogP contribution in [0.1, 0.15) is 0 Å². The van der Waals surface area contributed by atoms with Gasteiger partial charge in [0.05, 0.1) is 0 Å². The Morgan fingerprint density at radius 1 is 0.600 bits per heavy atom. The molecule has 0 heterocycles. The molecule has 0 fully saturated rings. The average molecular weight is 336 g/mol. The Kier molecular flexibility index (Phi) is 36.0. The first-order valence-corrected chi connectivity index (χ1v) is 2.21. The second kappa shape index (κ2) is 18.0. The van der Waals surface area contributed by atoms with Crippen LogP contribution in [0.3, 0.4) is 0 Å². The van der Waals surface area contributed by atoms with Crippen molar-refractivity contribution < 1.29 is 39.6 Å². The van der Waals surface area contributed by atoms with Gasteiger partial charge in [0.2, 0.25) is 0 Å². The summed E-state index contributed by atoms with van der Waals surface area (Å²) in [5, 5.41) is 29.6. The molecule has 0 unspecified atom stereocenters. The van der Waals surface area contributed by atoms with Gasteiger partial charge in [-0.15, -0.1) is 0 Å². The Labute approximate surface area is 173 Å². The summed E-state index contributed by atoms with van der Waals surface area (Å²) in [5.74, 6) is -7.30. The van der Waals surface area contributed by atoms with E-state index in [9.17, 15) is 0 Å². The van der Waals surface area contributed by atoms with E-state index in [1.54, 1.807) is 0 Å². The van der Waals surface area contributed by atoms with Crippen molar-refractivity contribution in [3.05, 3.63) is 0 Å². The average Bonchev–Trinajstić information content (AvgIpc) is 1.88. The van der Waals surface area contributed by atoms with E-state index in [1.165, 1.54) is 0 Å². The van der Waals surface area contributed by atoms with Crippen molar-refractivity contribution in [2.45, 2.75) is 0 Å². The number of carboxylic acid groups (broad SMARTS) is 4. The first-order valence-electron chi connectivity index (χ1n) is 2.21. The molecule has 0 aromatic carbocycles. The van der Waals surface area contributed by atoms with Crippen molar-refractivity contribution in [2.75, 3.05) is 0 Å². The number of hydrogen-bond acceptors (Lipinski definition) is 4. The molecule has 8 nitrogen and oxygen atoms in total. The van der Waals surface area contributed by atoms with Gasteiger partial charge < -0.3 is 20.4 Å². The van der Waals surface area contributed by atoms with Crippen LogP contribution in [-0.2, 0) is 19.2 Å². The van der Waals surface area contributed by atoms with E-state index >= 15 is 0 Å². The summed E-state index contributed by atoms with van der Waals surface area (Å²) in [6.07, 6.45) is 0. The molecule has 78 valence electrons. The van der Waals surface area contributed by atoms with Crippen LogP contribution in [0.5, 0.6) is 0 Å². The van der Waals surface area contributed by atoms with Gasteiger partial charge in [-0.3, -0.25) is 0 Å². The summed E-state index contributed by atoms with van der Waals surface area (Å²) in [5.41, 5.74) is 0. The fraction of sp³-hybridized carbons (Fsp3) is 0. The summed E-state index contributed by atoms with van der Waals surface area (Å²) in [7, 11) is 0. The van der Waals surface area contributed by atoms with E-state index in [0.717, 1.165) is 0 Å². The molecule has 0 aromatic rings. The molecule has 0 saturated heterocycles. The standard InChI is InChI=1S/2C2H2O4.Ca.Na.Sr.5H/c2*3-1(4)2(5)6;;;;;;;;/h2*(H,3,4)(H,5,6);;;;;;;;. The summed E-state index contributed by atoms with van der Waals surface area (Å²) < 4.78 is 0. The van der Waals surface area contributed by atoms with Crippen LogP contribution >= 0.6 is 0 Å². The molecule has 0 saturated carbocycles. The van der Waals surface area contributed by atoms with Crippen LogP contribution in [0.2, 0.25) is 0 Å². The molecular weight excluding hydrogens is 327 g/mol. The first kappa shape index (κ1) is 30.0. The molecule has 0 aliphatic rings. The van der Waals surface area contributed by atoms with E-state index in [0.29, 0.717) is 0 Å². The van der Waals surface area contributed by atoms with Crippen molar-refractivity contribution in [3.8, 4) is 0 Å². The Morgan fingerprint density at radius 3 is 0.667 bits per heavy atom. The van der Waals surface area contributed by atoms with E-state index in [-0.39, 0.29) is 113 Å². The third kappa shape index (κ3) is 31.3. The molecular formula is C4H9CaNaO8Sr. The second-order valence-electron chi connectivity index (χ2n) is 1.22. The predicted octanol–water partition coefficient (Wildman–Crippen LogP) is -4.17. The van der Waals surface area contributed by atoms with E-state index in [4.69, 9.17) is 39.6 Å². The summed E-state index contributed by atoms with van der Waals surface area (Å²) >= 11 is 0. The van der Waals surface area contributed by atoms with E-state index < -0.39 is 23.9 Å². The number of carboxylic acids is 4. The number of carbonyl (C=O) groups is 4. The molecule has 0 spiro atoms. The first-order chi connectivity index (χ1) is 5.29. The minimum atomic E-state index is -1.82. The van der Waals surface area contributed by atoms with Crippen LogP contribution < -0.4 is 0 Å². The number of aliphatic carboxylic acids is 4. The summed E-state index contributed by atoms with van der Waals surface area (Å²) in [6.45, 7) is 0. The van der Waals surface area contributed by atoms with Crippen LogP contribution in [0.4, 0.5) is 0 Å². The Hall–Kier alpha value is 1.62.